The maximum Gasteiger partial charge on any atom is 0.226 e. The van der Waals surface area contributed by atoms with Crippen molar-refractivity contribution in [3.05, 3.63) is 57.0 Å². The van der Waals surface area contributed by atoms with Crippen LogP contribution >= 0.6 is 51.3 Å². The quantitative estimate of drug-likeness (QED) is 0.445. The number of thiocarbonyl (C=S) groups is 1. The summed E-state index contributed by atoms with van der Waals surface area (Å²) in [4.78, 5) is 11.9. The number of hydrogen-bond acceptors (Lipinski definition) is 3. The highest BCUT2D eigenvalue weighted by molar-refractivity contribution is 9.10. The van der Waals surface area contributed by atoms with Gasteiger partial charge in [0, 0.05) is 21.6 Å². The minimum Gasteiger partial charge on any atom is -0.492 e. The molecule has 0 spiro atoms. The molecule has 2 N–H and O–H groups in total. The van der Waals surface area contributed by atoms with Gasteiger partial charge in [-0.05, 0) is 55.0 Å². The van der Waals surface area contributed by atoms with Crippen molar-refractivity contribution in [3.63, 3.8) is 0 Å². The van der Waals surface area contributed by atoms with Crippen molar-refractivity contribution in [2.45, 2.75) is 12.8 Å². The predicted molar refractivity (Wildman–Crippen MR) is 110 cm³/mol. The normalized spacial score (nSPS) is 10.2. The molecule has 0 fully saturated rings. The van der Waals surface area contributed by atoms with Crippen molar-refractivity contribution in [2.75, 3.05) is 11.9 Å². The number of hydrogen-bond donors (Lipinski definition) is 2. The fourth-order valence-electron chi connectivity index (χ4n) is 1.92. The lowest BCUT2D eigenvalue weighted by Crippen LogP contribution is -2.34. The van der Waals surface area contributed by atoms with Crippen LogP contribution in [0.5, 0.6) is 5.75 Å². The summed E-state index contributed by atoms with van der Waals surface area (Å²) in [5.74, 6) is 0.358. The van der Waals surface area contributed by atoms with Crippen LogP contribution in [-0.2, 0) is 4.79 Å². The number of nitrogens with one attached hydrogen (secondary N) is 2. The van der Waals surface area contributed by atoms with Crippen molar-refractivity contribution in [2.24, 2.45) is 0 Å². The molecule has 0 atom stereocenters. The van der Waals surface area contributed by atoms with Gasteiger partial charge < -0.3 is 15.4 Å². The smallest absolute Gasteiger partial charge is 0.226 e. The van der Waals surface area contributed by atoms with E-state index in [2.05, 4.69) is 26.6 Å². The zero-order valence-electron chi connectivity index (χ0n) is 13.0. The first kappa shape index (κ1) is 20.0. The van der Waals surface area contributed by atoms with Gasteiger partial charge >= 0.3 is 0 Å². The fraction of sp³-hybridized carbons (Fsp3) is 0.176. The average molecular weight is 462 g/mol. The van der Waals surface area contributed by atoms with Gasteiger partial charge in [0.05, 0.1) is 11.6 Å². The Hall–Kier alpha value is -1.34. The zero-order valence-corrected chi connectivity index (χ0v) is 16.9. The molecule has 2 aromatic rings. The van der Waals surface area contributed by atoms with E-state index in [-0.39, 0.29) is 17.4 Å². The third kappa shape index (κ3) is 7.20. The number of carbonyl (C=O) groups excluding carboxylic acids is 1. The van der Waals surface area contributed by atoms with E-state index in [1.807, 2.05) is 24.3 Å². The summed E-state index contributed by atoms with van der Waals surface area (Å²) in [5, 5.41) is 6.82. The first-order valence-electron chi connectivity index (χ1n) is 7.38. The van der Waals surface area contributed by atoms with Crippen LogP contribution in [0.1, 0.15) is 12.8 Å². The van der Waals surface area contributed by atoms with Gasteiger partial charge in [-0.2, -0.15) is 0 Å². The predicted octanol–water partition coefficient (Wildman–Crippen LogP) is 5.43. The van der Waals surface area contributed by atoms with E-state index >= 15 is 0 Å². The molecule has 0 saturated carbocycles. The van der Waals surface area contributed by atoms with E-state index in [9.17, 15) is 4.79 Å². The summed E-state index contributed by atoms with van der Waals surface area (Å²) in [7, 11) is 0. The first-order chi connectivity index (χ1) is 11.9. The van der Waals surface area contributed by atoms with E-state index in [0.29, 0.717) is 28.8 Å². The standard InChI is InChI=1S/C17H15BrCl2N2O2S/c18-11-3-1-4-13(9-11)21-17(25)22-16(23)5-2-8-24-15-7-6-12(19)10-14(15)20/h1,3-4,6-7,9-10H,2,5,8H2,(H2,21,22,23,25). The van der Waals surface area contributed by atoms with Gasteiger partial charge in [-0.15, -0.1) is 0 Å². The van der Waals surface area contributed by atoms with Gasteiger partial charge in [0.25, 0.3) is 0 Å². The lowest BCUT2D eigenvalue weighted by Gasteiger charge is -2.10. The molecule has 2 rings (SSSR count). The lowest BCUT2D eigenvalue weighted by molar-refractivity contribution is -0.119. The highest BCUT2D eigenvalue weighted by Crippen LogP contribution is 2.27. The highest BCUT2D eigenvalue weighted by atomic mass is 79.9. The number of anilines is 1. The second kappa shape index (κ2) is 9.97. The van der Waals surface area contributed by atoms with Crippen molar-refractivity contribution in [1.82, 2.24) is 5.32 Å². The molecular formula is C17H15BrCl2N2O2S. The van der Waals surface area contributed by atoms with E-state index in [4.69, 9.17) is 40.2 Å². The van der Waals surface area contributed by atoms with Gasteiger partial charge in [0.2, 0.25) is 5.91 Å². The van der Waals surface area contributed by atoms with Crippen molar-refractivity contribution in [3.8, 4) is 5.75 Å². The van der Waals surface area contributed by atoms with E-state index in [1.54, 1.807) is 18.2 Å². The van der Waals surface area contributed by atoms with Gasteiger partial charge in [0.15, 0.2) is 5.11 Å². The van der Waals surface area contributed by atoms with Gasteiger partial charge in [-0.25, -0.2) is 0 Å². The van der Waals surface area contributed by atoms with Crippen LogP contribution in [-0.4, -0.2) is 17.6 Å². The summed E-state index contributed by atoms with van der Waals surface area (Å²) >= 11 is 20.3. The molecular weight excluding hydrogens is 447 g/mol. The van der Waals surface area contributed by atoms with Crippen LogP contribution in [0, 0.1) is 0 Å². The number of rotatable bonds is 6. The Balaban J connectivity index is 1.69. The Morgan fingerprint density at radius 2 is 2.00 bits per heavy atom. The molecule has 0 aliphatic heterocycles. The van der Waals surface area contributed by atoms with Crippen LogP contribution < -0.4 is 15.4 Å². The minimum atomic E-state index is -0.182. The molecule has 1 amide bonds. The summed E-state index contributed by atoms with van der Waals surface area (Å²) in [5.41, 5.74) is 0.792. The molecule has 2 aromatic carbocycles. The number of halogens is 3. The lowest BCUT2D eigenvalue weighted by atomic mass is 10.3. The number of ether oxygens (including phenoxy) is 1. The van der Waals surface area contributed by atoms with Crippen molar-refractivity contribution in [1.29, 1.82) is 0 Å². The molecule has 0 aliphatic carbocycles. The Morgan fingerprint density at radius 1 is 1.20 bits per heavy atom. The maximum atomic E-state index is 11.9. The van der Waals surface area contributed by atoms with Crippen molar-refractivity contribution >= 4 is 68.1 Å². The molecule has 0 bridgehead atoms. The van der Waals surface area contributed by atoms with E-state index in [0.717, 1.165) is 10.2 Å². The average Bonchev–Trinajstić information content (AvgIpc) is 2.53. The van der Waals surface area contributed by atoms with Crippen LogP contribution in [0.15, 0.2) is 46.9 Å². The third-order valence-electron chi connectivity index (χ3n) is 3.04. The SMILES string of the molecule is O=C(CCCOc1ccc(Cl)cc1Cl)NC(=S)Nc1cccc(Br)c1. The molecule has 0 aliphatic rings. The molecule has 0 radical (unpaired) electrons. The molecule has 0 heterocycles. The second-order valence-electron chi connectivity index (χ2n) is 5.04. The number of benzene rings is 2. The topological polar surface area (TPSA) is 50.4 Å². The monoisotopic (exact) mass is 460 g/mol. The van der Waals surface area contributed by atoms with E-state index < -0.39 is 0 Å². The first-order valence-corrected chi connectivity index (χ1v) is 9.34. The molecule has 0 saturated heterocycles. The summed E-state index contributed by atoms with van der Waals surface area (Å²) < 4.78 is 6.45. The summed E-state index contributed by atoms with van der Waals surface area (Å²) in [6.07, 6.45) is 0.815. The van der Waals surface area contributed by atoms with E-state index in [1.165, 1.54) is 0 Å². The van der Waals surface area contributed by atoms with Gasteiger partial charge in [-0.3, -0.25) is 4.79 Å². The Morgan fingerprint density at radius 3 is 2.72 bits per heavy atom. The maximum absolute atomic E-state index is 11.9. The Kier molecular flexibility index (Phi) is 7.96. The second-order valence-corrected chi connectivity index (χ2v) is 7.21. The molecule has 25 heavy (non-hydrogen) atoms. The third-order valence-corrected chi connectivity index (χ3v) is 4.26. The molecule has 0 aromatic heterocycles. The molecule has 0 unspecified atom stereocenters. The molecule has 4 nitrogen and oxygen atoms in total. The minimum absolute atomic E-state index is 0.182. The highest BCUT2D eigenvalue weighted by Gasteiger charge is 2.07. The number of carbonyl (C=O) groups is 1. The van der Waals surface area contributed by atoms with Gasteiger partial charge in [0.1, 0.15) is 5.75 Å². The molecule has 132 valence electrons. The Labute approximate surface area is 170 Å². The fourth-order valence-corrected chi connectivity index (χ4v) is 3.02. The van der Waals surface area contributed by atoms with Crippen LogP contribution in [0.4, 0.5) is 5.69 Å². The number of amides is 1. The van der Waals surface area contributed by atoms with Crippen molar-refractivity contribution < 1.29 is 9.53 Å². The van der Waals surface area contributed by atoms with Crippen LogP contribution in [0.2, 0.25) is 10.0 Å². The zero-order chi connectivity index (χ0) is 18.2. The summed E-state index contributed by atoms with van der Waals surface area (Å²) in [6, 6.07) is 12.5. The van der Waals surface area contributed by atoms with Crippen LogP contribution in [0.3, 0.4) is 0 Å². The Bertz CT molecular complexity index is 774. The largest absolute Gasteiger partial charge is 0.492 e. The molecule has 8 heteroatoms. The van der Waals surface area contributed by atoms with Gasteiger partial charge in [-0.1, -0.05) is 45.2 Å². The summed E-state index contributed by atoms with van der Waals surface area (Å²) in [6.45, 7) is 0.362. The van der Waals surface area contributed by atoms with Crippen LogP contribution in [0.25, 0.3) is 0 Å².